The number of hydrogen-bond donors (Lipinski definition) is 1. The number of anilines is 1. The lowest BCUT2D eigenvalue weighted by atomic mass is 10.3. The third-order valence-corrected chi connectivity index (χ3v) is 3.28. The van der Waals surface area contributed by atoms with Crippen LogP contribution in [0, 0.1) is 13.8 Å². The zero-order valence-electron chi connectivity index (χ0n) is 11.3. The summed E-state index contributed by atoms with van der Waals surface area (Å²) in [6.45, 7) is 9.00. The Morgan fingerprint density at radius 3 is 2.72 bits per heavy atom. The molecule has 100 valence electrons. The van der Waals surface area contributed by atoms with Gasteiger partial charge in [-0.05, 0) is 26.8 Å². The molecular weight excluding hydrogens is 228 g/mol. The van der Waals surface area contributed by atoms with Crippen LogP contribution in [-0.4, -0.2) is 59.3 Å². The van der Waals surface area contributed by atoms with Crippen molar-refractivity contribution >= 4 is 5.82 Å². The van der Waals surface area contributed by atoms with Gasteiger partial charge in [0.25, 0.3) is 0 Å². The normalized spacial score (nSPS) is 17.8. The molecule has 1 aromatic heterocycles. The van der Waals surface area contributed by atoms with Gasteiger partial charge >= 0.3 is 0 Å². The van der Waals surface area contributed by atoms with Gasteiger partial charge in [-0.15, -0.1) is 0 Å². The van der Waals surface area contributed by atoms with E-state index in [9.17, 15) is 0 Å². The molecule has 1 aliphatic heterocycles. The molecule has 0 radical (unpaired) electrons. The van der Waals surface area contributed by atoms with Crippen molar-refractivity contribution in [3.05, 3.63) is 17.6 Å². The summed E-state index contributed by atoms with van der Waals surface area (Å²) in [5.41, 5.74) is 1.02. The molecule has 0 spiro atoms. The molecule has 0 aliphatic carbocycles. The van der Waals surface area contributed by atoms with Crippen LogP contribution in [0.3, 0.4) is 0 Å². The van der Waals surface area contributed by atoms with Crippen LogP contribution in [0.25, 0.3) is 0 Å². The predicted octanol–water partition coefficient (Wildman–Crippen LogP) is 0.598. The highest BCUT2D eigenvalue weighted by Crippen LogP contribution is 2.15. The number of aryl methyl sites for hydroxylation is 2. The van der Waals surface area contributed by atoms with Gasteiger partial charge in [0, 0.05) is 37.9 Å². The highest BCUT2D eigenvalue weighted by atomic mass is 16.3. The molecule has 2 heterocycles. The molecule has 1 aliphatic rings. The van der Waals surface area contributed by atoms with Crippen LogP contribution in [-0.2, 0) is 0 Å². The Morgan fingerprint density at radius 1 is 1.17 bits per heavy atom. The van der Waals surface area contributed by atoms with E-state index in [2.05, 4.69) is 25.8 Å². The second-order valence-corrected chi connectivity index (χ2v) is 4.82. The van der Waals surface area contributed by atoms with E-state index in [0.717, 1.165) is 56.5 Å². The van der Waals surface area contributed by atoms with Crippen molar-refractivity contribution in [2.75, 3.05) is 44.2 Å². The molecule has 0 bridgehead atoms. The Bertz CT molecular complexity index is 376. The Morgan fingerprint density at radius 2 is 2.00 bits per heavy atom. The largest absolute Gasteiger partial charge is 0.395 e. The van der Waals surface area contributed by atoms with E-state index in [1.165, 1.54) is 0 Å². The molecule has 1 aromatic rings. The summed E-state index contributed by atoms with van der Waals surface area (Å²) >= 11 is 0. The van der Waals surface area contributed by atoms with Crippen LogP contribution in [0.4, 0.5) is 5.82 Å². The second-order valence-electron chi connectivity index (χ2n) is 4.82. The number of aliphatic hydroxyl groups excluding tert-OH is 1. The van der Waals surface area contributed by atoms with Crippen molar-refractivity contribution in [2.45, 2.75) is 20.3 Å². The first kappa shape index (κ1) is 13.2. The van der Waals surface area contributed by atoms with Crippen molar-refractivity contribution in [1.82, 2.24) is 14.9 Å². The topological polar surface area (TPSA) is 52.5 Å². The molecule has 18 heavy (non-hydrogen) atoms. The Balaban J connectivity index is 2.05. The smallest absolute Gasteiger partial charge is 0.132 e. The van der Waals surface area contributed by atoms with Crippen LogP contribution in [0.15, 0.2) is 6.07 Å². The van der Waals surface area contributed by atoms with E-state index in [4.69, 9.17) is 5.11 Å². The van der Waals surface area contributed by atoms with E-state index in [1.54, 1.807) is 0 Å². The van der Waals surface area contributed by atoms with Crippen LogP contribution in [0.2, 0.25) is 0 Å². The first-order chi connectivity index (χ1) is 8.69. The van der Waals surface area contributed by atoms with Crippen molar-refractivity contribution in [1.29, 1.82) is 0 Å². The molecule has 1 fully saturated rings. The van der Waals surface area contributed by atoms with Crippen molar-refractivity contribution < 1.29 is 5.11 Å². The summed E-state index contributed by atoms with van der Waals surface area (Å²) in [6, 6.07) is 2.05. The monoisotopic (exact) mass is 250 g/mol. The van der Waals surface area contributed by atoms with Crippen molar-refractivity contribution in [3.8, 4) is 0 Å². The van der Waals surface area contributed by atoms with Gasteiger partial charge in [-0.2, -0.15) is 0 Å². The molecule has 0 unspecified atom stereocenters. The summed E-state index contributed by atoms with van der Waals surface area (Å²) < 4.78 is 0. The van der Waals surface area contributed by atoms with Gasteiger partial charge in [-0.25, -0.2) is 9.97 Å². The highest BCUT2D eigenvalue weighted by Gasteiger charge is 2.16. The first-order valence-electron chi connectivity index (χ1n) is 6.59. The minimum atomic E-state index is 0.242. The number of rotatable bonds is 3. The number of β-amino-alcohol motifs (C(OH)–C–C–N with tert-alkyl or cyclic N) is 1. The van der Waals surface area contributed by atoms with E-state index in [0.29, 0.717) is 0 Å². The van der Waals surface area contributed by atoms with Crippen LogP contribution in [0.5, 0.6) is 0 Å². The molecule has 0 atom stereocenters. The lowest BCUT2D eigenvalue weighted by Crippen LogP contribution is -2.32. The Labute approximate surface area is 108 Å². The maximum Gasteiger partial charge on any atom is 0.132 e. The SMILES string of the molecule is Cc1cc(N2CCCN(CCO)CC2)nc(C)n1. The fourth-order valence-corrected chi connectivity index (χ4v) is 2.42. The summed E-state index contributed by atoms with van der Waals surface area (Å²) in [5.74, 6) is 1.87. The van der Waals surface area contributed by atoms with Crippen LogP contribution in [0.1, 0.15) is 17.9 Å². The average Bonchev–Trinajstić information content (AvgIpc) is 2.54. The molecule has 0 saturated carbocycles. The van der Waals surface area contributed by atoms with E-state index in [-0.39, 0.29) is 6.61 Å². The van der Waals surface area contributed by atoms with Gasteiger partial charge in [0.15, 0.2) is 0 Å². The minimum absolute atomic E-state index is 0.242. The fraction of sp³-hybridized carbons (Fsp3) is 0.692. The second kappa shape index (κ2) is 6.11. The minimum Gasteiger partial charge on any atom is -0.395 e. The summed E-state index contributed by atoms with van der Waals surface area (Å²) in [6.07, 6.45) is 1.11. The number of nitrogens with zero attached hydrogens (tertiary/aromatic N) is 4. The molecule has 1 N–H and O–H groups in total. The van der Waals surface area contributed by atoms with Crippen LogP contribution < -0.4 is 4.90 Å². The molecule has 5 heteroatoms. The number of hydrogen-bond acceptors (Lipinski definition) is 5. The average molecular weight is 250 g/mol. The zero-order chi connectivity index (χ0) is 13.0. The summed E-state index contributed by atoms with van der Waals surface area (Å²) in [5, 5.41) is 8.99. The first-order valence-corrected chi connectivity index (χ1v) is 6.59. The molecule has 2 rings (SSSR count). The van der Waals surface area contributed by atoms with E-state index in [1.807, 2.05) is 13.8 Å². The number of aliphatic hydroxyl groups is 1. The van der Waals surface area contributed by atoms with E-state index < -0.39 is 0 Å². The molecular formula is C13H22N4O. The third kappa shape index (κ3) is 3.40. The van der Waals surface area contributed by atoms with E-state index >= 15 is 0 Å². The quantitative estimate of drug-likeness (QED) is 0.851. The lowest BCUT2D eigenvalue weighted by Gasteiger charge is -2.22. The standard InChI is InChI=1S/C13H22N4O/c1-11-10-13(15-12(2)14-11)17-5-3-4-16(6-7-17)8-9-18/h10,18H,3-9H2,1-2H3. The van der Waals surface area contributed by atoms with Gasteiger partial charge < -0.3 is 10.0 Å². The van der Waals surface area contributed by atoms with Gasteiger partial charge in [0.2, 0.25) is 0 Å². The lowest BCUT2D eigenvalue weighted by molar-refractivity contribution is 0.204. The third-order valence-electron chi connectivity index (χ3n) is 3.28. The van der Waals surface area contributed by atoms with Crippen LogP contribution >= 0.6 is 0 Å². The summed E-state index contributed by atoms with van der Waals surface area (Å²) in [7, 11) is 0. The maximum absolute atomic E-state index is 8.99. The molecule has 1 saturated heterocycles. The predicted molar refractivity (Wildman–Crippen MR) is 71.9 cm³/mol. The van der Waals surface area contributed by atoms with Gasteiger partial charge in [0.1, 0.15) is 11.6 Å². The Kier molecular flexibility index (Phi) is 4.49. The maximum atomic E-state index is 8.99. The molecule has 0 aromatic carbocycles. The Hall–Kier alpha value is -1.20. The molecule has 5 nitrogen and oxygen atoms in total. The summed E-state index contributed by atoms with van der Waals surface area (Å²) in [4.78, 5) is 13.5. The van der Waals surface area contributed by atoms with Crippen molar-refractivity contribution in [3.63, 3.8) is 0 Å². The molecule has 0 amide bonds. The zero-order valence-corrected chi connectivity index (χ0v) is 11.3. The van der Waals surface area contributed by atoms with Gasteiger partial charge in [0.05, 0.1) is 6.61 Å². The fourth-order valence-electron chi connectivity index (χ4n) is 2.42. The van der Waals surface area contributed by atoms with Crippen molar-refractivity contribution in [2.24, 2.45) is 0 Å². The van der Waals surface area contributed by atoms with Gasteiger partial charge in [-0.1, -0.05) is 0 Å². The number of aromatic nitrogens is 2. The highest BCUT2D eigenvalue weighted by molar-refractivity contribution is 5.39. The van der Waals surface area contributed by atoms with Gasteiger partial charge in [-0.3, -0.25) is 4.90 Å².